The molecule has 1 atom stereocenters. The van der Waals surface area contributed by atoms with Crippen molar-refractivity contribution in [3.05, 3.63) is 0 Å². The normalized spacial score (nSPS) is 12.3. The number of ether oxygens (including phenoxy) is 3. The number of carbonyl (C=O) groups excluding carboxylic acids is 2. The smallest absolute Gasteiger partial charge is 0.234 e. The van der Waals surface area contributed by atoms with Gasteiger partial charge in [-0.15, -0.1) is 0 Å². The average molecular weight is 475 g/mol. The van der Waals surface area contributed by atoms with Crippen LogP contribution in [-0.2, 0) is 23.8 Å². The van der Waals surface area contributed by atoms with E-state index < -0.39 is 0 Å². The van der Waals surface area contributed by atoms with Crippen molar-refractivity contribution >= 4 is 11.8 Å². The molecule has 0 fully saturated rings. The standard InChI is InChI=1S/C24H50N4O5/c1-20(2)9-13-32-14-10-26-19-24(30)28-22(5)8-6-7-12-31-16-17-33-15-11-25-18-23(29)27-21(3)4/h20-22,25-26H,6-19H2,1-5H3,(H,27,29)(H,28,30). The van der Waals surface area contributed by atoms with E-state index in [1.807, 2.05) is 20.8 Å². The second kappa shape index (κ2) is 22.5. The van der Waals surface area contributed by atoms with Crippen LogP contribution >= 0.6 is 0 Å². The molecule has 9 nitrogen and oxygen atoms in total. The molecule has 0 aromatic carbocycles. The SMILES string of the molecule is CC(C)CCOCCNCC(=O)NC(C)CCCCOCCOCCNCC(=O)NC(C)C. The molecule has 196 valence electrons. The van der Waals surface area contributed by atoms with Crippen molar-refractivity contribution in [1.82, 2.24) is 21.3 Å². The van der Waals surface area contributed by atoms with E-state index in [1.54, 1.807) is 0 Å². The average Bonchev–Trinajstić information content (AvgIpc) is 2.73. The molecule has 0 saturated carbocycles. The first kappa shape index (κ1) is 31.7. The molecule has 2 amide bonds. The first-order valence-corrected chi connectivity index (χ1v) is 12.5. The van der Waals surface area contributed by atoms with Gasteiger partial charge in [0.2, 0.25) is 11.8 Å². The van der Waals surface area contributed by atoms with E-state index in [9.17, 15) is 9.59 Å². The number of hydrogen-bond acceptors (Lipinski definition) is 7. The molecule has 1 unspecified atom stereocenters. The Morgan fingerprint density at radius 2 is 1.18 bits per heavy atom. The Labute approximate surface area is 201 Å². The second-order valence-electron chi connectivity index (χ2n) is 9.06. The molecular weight excluding hydrogens is 424 g/mol. The predicted octanol–water partition coefficient (Wildman–Crippen LogP) is 1.46. The maximum absolute atomic E-state index is 11.9. The van der Waals surface area contributed by atoms with Gasteiger partial charge in [0.05, 0.1) is 39.5 Å². The molecule has 9 heteroatoms. The van der Waals surface area contributed by atoms with Gasteiger partial charge in [-0.05, 0) is 52.4 Å². The van der Waals surface area contributed by atoms with Gasteiger partial charge in [0.1, 0.15) is 0 Å². The highest BCUT2D eigenvalue weighted by Crippen LogP contribution is 2.01. The molecule has 0 radical (unpaired) electrons. The Bertz CT molecular complexity index is 478. The summed E-state index contributed by atoms with van der Waals surface area (Å²) in [5.74, 6) is 0.672. The van der Waals surface area contributed by atoms with Crippen LogP contribution in [0.2, 0.25) is 0 Å². The van der Waals surface area contributed by atoms with Crippen LogP contribution in [0.25, 0.3) is 0 Å². The first-order valence-electron chi connectivity index (χ1n) is 12.5. The summed E-state index contributed by atoms with van der Waals surface area (Å²) in [7, 11) is 0. The number of amides is 2. The molecule has 0 rings (SSSR count). The predicted molar refractivity (Wildman–Crippen MR) is 132 cm³/mol. The fraction of sp³-hybridized carbons (Fsp3) is 0.917. The van der Waals surface area contributed by atoms with Crippen LogP contribution in [0.1, 0.15) is 60.3 Å². The van der Waals surface area contributed by atoms with E-state index in [-0.39, 0.29) is 23.9 Å². The van der Waals surface area contributed by atoms with Gasteiger partial charge < -0.3 is 35.5 Å². The quantitative estimate of drug-likeness (QED) is 0.166. The third-order valence-electron chi connectivity index (χ3n) is 4.66. The van der Waals surface area contributed by atoms with E-state index in [0.717, 1.165) is 32.3 Å². The number of hydrogen-bond donors (Lipinski definition) is 4. The number of unbranched alkanes of at least 4 members (excludes halogenated alkanes) is 1. The number of nitrogens with one attached hydrogen (secondary N) is 4. The highest BCUT2D eigenvalue weighted by Gasteiger charge is 2.07. The largest absolute Gasteiger partial charge is 0.380 e. The minimum atomic E-state index is -0.00288. The van der Waals surface area contributed by atoms with Gasteiger partial charge in [0, 0.05) is 38.4 Å². The van der Waals surface area contributed by atoms with Gasteiger partial charge in [-0.2, -0.15) is 0 Å². The van der Waals surface area contributed by atoms with Crippen molar-refractivity contribution in [3.63, 3.8) is 0 Å². The molecule has 0 bridgehead atoms. The highest BCUT2D eigenvalue weighted by atomic mass is 16.5. The summed E-state index contributed by atoms with van der Waals surface area (Å²) >= 11 is 0. The molecule has 33 heavy (non-hydrogen) atoms. The van der Waals surface area contributed by atoms with Crippen LogP contribution in [0, 0.1) is 5.92 Å². The molecule has 0 spiro atoms. The molecule has 0 aliphatic heterocycles. The molecule has 0 aromatic heterocycles. The van der Waals surface area contributed by atoms with Crippen LogP contribution in [-0.4, -0.2) is 89.7 Å². The summed E-state index contributed by atoms with van der Waals surface area (Å²) in [6.45, 7) is 16.0. The minimum absolute atomic E-state index is 0.00288. The lowest BCUT2D eigenvalue weighted by molar-refractivity contribution is -0.121. The van der Waals surface area contributed by atoms with Crippen LogP contribution in [0.3, 0.4) is 0 Å². The number of rotatable bonds is 23. The van der Waals surface area contributed by atoms with Gasteiger partial charge in [0.15, 0.2) is 0 Å². The maximum atomic E-state index is 11.9. The highest BCUT2D eigenvalue weighted by molar-refractivity contribution is 5.78. The Hall–Kier alpha value is -1.26. The van der Waals surface area contributed by atoms with Gasteiger partial charge in [-0.25, -0.2) is 0 Å². The fourth-order valence-corrected chi connectivity index (χ4v) is 2.86. The Morgan fingerprint density at radius 3 is 1.76 bits per heavy atom. The van der Waals surface area contributed by atoms with E-state index in [1.165, 1.54) is 0 Å². The van der Waals surface area contributed by atoms with Gasteiger partial charge in [0.25, 0.3) is 0 Å². The van der Waals surface area contributed by atoms with E-state index in [0.29, 0.717) is 65.1 Å². The molecular formula is C24H50N4O5. The fourth-order valence-electron chi connectivity index (χ4n) is 2.86. The second-order valence-corrected chi connectivity index (χ2v) is 9.06. The van der Waals surface area contributed by atoms with Crippen molar-refractivity contribution < 1.29 is 23.8 Å². The first-order chi connectivity index (χ1) is 15.8. The van der Waals surface area contributed by atoms with Gasteiger partial charge >= 0.3 is 0 Å². The Morgan fingerprint density at radius 1 is 0.636 bits per heavy atom. The zero-order chi connectivity index (χ0) is 24.7. The lowest BCUT2D eigenvalue weighted by Gasteiger charge is -2.14. The summed E-state index contributed by atoms with van der Waals surface area (Å²) in [4.78, 5) is 23.4. The van der Waals surface area contributed by atoms with Crippen molar-refractivity contribution in [2.75, 3.05) is 65.8 Å². The summed E-state index contributed by atoms with van der Waals surface area (Å²) in [5, 5.41) is 12.0. The van der Waals surface area contributed by atoms with Gasteiger partial charge in [-0.3, -0.25) is 9.59 Å². The van der Waals surface area contributed by atoms with Crippen molar-refractivity contribution in [2.24, 2.45) is 5.92 Å². The molecule has 0 aromatic rings. The van der Waals surface area contributed by atoms with Crippen molar-refractivity contribution in [1.29, 1.82) is 0 Å². The van der Waals surface area contributed by atoms with Crippen LogP contribution in [0.15, 0.2) is 0 Å². The Kier molecular flexibility index (Phi) is 21.7. The van der Waals surface area contributed by atoms with Crippen molar-refractivity contribution in [2.45, 2.75) is 72.4 Å². The number of carbonyl (C=O) groups is 2. The van der Waals surface area contributed by atoms with Crippen LogP contribution < -0.4 is 21.3 Å². The molecule has 0 aliphatic carbocycles. The summed E-state index contributed by atoms with van der Waals surface area (Å²) in [5.41, 5.74) is 0. The summed E-state index contributed by atoms with van der Waals surface area (Å²) in [6.07, 6.45) is 3.95. The molecule has 4 N–H and O–H groups in total. The third kappa shape index (κ3) is 25.2. The monoisotopic (exact) mass is 474 g/mol. The van der Waals surface area contributed by atoms with E-state index in [4.69, 9.17) is 14.2 Å². The molecule has 0 aliphatic rings. The van der Waals surface area contributed by atoms with Gasteiger partial charge in [-0.1, -0.05) is 13.8 Å². The minimum Gasteiger partial charge on any atom is -0.380 e. The molecule has 0 heterocycles. The van der Waals surface area contributed by atoms with E-state index in [2.05, 4.69) is 35.1 Å². The van der Waals surface area contributed by atoms with E-state index >= 15 is 0 Å². The topological polar surface area (TPSA) is 110 Å². The van der Waals surface area contributed by atoms with Crippen LogP contribution in [0.5, 0.6) is 0 Å². The maximum Gasteiger partial charge on any atom is 0.234 e. The van der Waals surface area contributed by atoms with Crippen LogP contribution in [0.4, 0.5) is 0 Å². The zero-order valence-electron chi connectivity index (χ0n) is 21.7. The summed E-state index contributed by atoms with van der Waals surface area (Å²) < 4.78 is 16.6. The Balaban J connectivity index is 3.36. The lowest BCUT2D eigenvalue weighted by Crippen LogP contribution is -2.39. The summed E-state index contributed by atoms with van der Waals surface area (Å²) in [6, 6.07) is 0.312. The van der Waals surface area contributed by atoms with Crippen molar-refractivity contribution in [3.8, 4) is 0 Å². The lowest BCUT2D eigenvalue weighted by atomic mass is 10.1. The third-order valence-corrected chi connectivity index (χ3v) is 4.66. The molecule has 0 saturated heterocycles. The zero-order valence-corrected chi connectivity index (χ0v) is 21.7.